The molecule has 0 fully saturated rings. The fourth-order valence-electron chi connectivity index (χ4n) is 2.15. The highest BCUT2D eigenvalue weighted by molar-refractivity contribution is 9.08. The molecule has 0 radical (unpaired) electrons. The van der Waals surface area contributed by atoms with Gasteiger partial charge in [0.1, 0.15) is 0 Å². The van der Waals surface area contributed by atoms with E-state index >= 15 is 0 Å². The second-order valence-electron chi connectivity index (χ2n) is 4.46. The molecule has 0 bridgehead atoms. The first-order chi connectivity index (χ1) is 8.68. The molecule has 1 aromatic rings. The summed E-state index contributed by atoms with van der Waals surface area (Å²) in [5.74, 6) is 2.01. The highest BCUT2D eigenvalue weighted by atomic mass is 79.9. The zero-order valence-corrected chi connectivity index (χ0v) is 12.8. The second-order valence-corrected chi connectivity index (χ2v) is 4.46. The third-order valence-electron chi connectivity index (χ3n) is 2.86. The lowest BCUT2D eigenvalue weighted by Crippen LogP contribution is -2.09. The molecule has 3 heteroatoms. The van der Waals surface area contributed by atoms with Gasteiger partial charge in [0.25, 0.3) is 0 Å². The molecule has 0 saturated heterocycles. The van der Waals surface area contributed by atoms with Crippen molar-refractivity contribution in [2.24, 2.45) is 0 Å². The fraction of sp³-hybridized carbons (Fsp3) is 0.400. The van der Waals surface area contributed by atoms with Gasteiger partial charge in [-0.2, -0.15) is 0 Å². The van der Waals surface area contributed by atoms with E-state index in [-0.39, 0.29) is 5.78 Å². The highest BCUT2D eigenvalue weighted by Crippen LogP contribution is 2.24. The van der Waals surface area contributed by atoms with Crippen LogP contribution in [0.2, 0.25) is 0 Å². The van der Waals surface area contributed by atoms with Crippen LogP contribution in [0.3, 0.4) is 0 Å². The van der Waals surface area contributed by atoms with Gasteiger partial charge in [-0.1, -0.05) is 40.2 Å². The first kappa shape index (κ1) is 15.0. The Balaban J connectivity index is 0.000000771. The fourth-order valence-corrected chi connectivity index (χ4v) is 2.15. The van der Waals surface area contributed by atoms with Gasteiger partial charge in [0, 0.05) is 31.4 Å². The molecule has 0 aliphatic heterocycles. The monoisotopic (exact) mass is 309 g/mol. The molecule has 1 aliphatic rings. The van der Waals surface area contributed by atoms with Crippen LogP contribution in [-0.4, -0.2) is 30.6 Å². The number of Topliss-reactive ketones (excluding diaryl/α,β-unsaturated/α-hetero) is 1. The third-order valence-corrected chi connectivity index (χ3v) is 2.86. The Morgan fingerprint density at radius 2 is 1.83 bits per heavy atom. The number of rotatable bonds is 1. The van der Waals surface area contributed by atoms with Crippen LogP contribution in [0.1, 0.15) is 28.8 Å². The van der Waals surface area contributed by atoms with Gasteiger partial charge in [-0.05, 0) is 30.7 Å². The molecular weight excluding hydrogens is 290 g/mol. The van der Waals surface area contributed by atoms with Crippen molar-refractivity contribution in [2.45, 2.75) is 19.3 Å². The van der Waals surface area contributed by atoms with Crippen LogP contribution in [0, 0.1) is 0 Å². The van der Waals surface area contributed by atoms with Gasteiger partial charge in [0.05, 0.1) is 0 Å². The van der Waals surface area contributed by atoms with E-state index in [0.717, 1.165) is 30.4 Å². The van der Waals surface area contributed by atoms with Crippen molar-refractivity contribution < 1.29 is 4.79 Å². The summed E-state index contributed by atoms with van der Waals surface area (Å²) in [4.78, 5) is 14.2. The number of carbonyl (C=O) groups excluding carboxylic acids is 1. The predicted octanol–water partition coefficient (Wildman–Crippen LogP) is 3.66. The van der Waals surface area contributed by atoms with Crippen molar-refractivity contribution >= 4 is 21.7 Å². The molecule has 18 heavy (non-hydrogen) atoms. The summed E-state index contributed by atoms with van der Waals surface area (Å²) in [6.07, 6.45) is 4.89. The second kappa shape index (κ2) is 7.37. The van der Waals surface area contributed by atoms with Crippen LogP contribution >= 0.6 is 15.9 Å². The zero-order chi connectivity index (χ0) is 13.5. The minimum Gasteiger partial charge on any atom is -0.383 e. The molecule has 2 rings (SSSR count). The number of nitrogens with zero attached hydrogens (tertiary/aromatic N) is 1. The van der Waals surface area contributed by atoms with Crippen LogP contribution in [0.4, 0.5) is 0 Å². The Morgan fingerprint density at radius 3 is 2.50 bits per heavy atom. The van der Waals surface area contributed by atoms with Gasteiger partial charge in [-0.15, -0.1) is 0 Å². The Morgan fingerprint density at radius 1 is 1.17 bits per heavy atom. The molecule has 1 aliphatic carbocycles. The highest BCUT2D eigenvalue weighted by Gasteiger charge is 2.19. The van der Waals surface area contributed by atoms with E-state index in [1.807, 2.05) is 49.2 Å². The first-order valence-corrected chi connectivity index (χ1v) is 7.64. The zero-order valence-electron chi connectivity index (χ0n) is 11.2. The Hall–Kier alpha value is -1.09. The Labute approximate surface area is 118 Å². The number of aryl methyl sites for hydroxylation is 1. The van der Waals surface area contributed by atoms with Crippen molar-refractivity contribution in [3.05, 3.63) is 47.2 Å². The largest absolute Gasteiger partial charge is 0.383 e. The van der Waals surface area contributed by atoms with Gasteiger partial charge in [0.15, 0.2) is 5.78 Å². The maximum atomic E-state index is 12.3. The van der Waals surface area contributed by atoms with Crippen molar-refractivity contribution in [3.63, 3.8) is 0 Å². The van der Waals surface area contributed by atoms with E-state index in [1.54, 1.807) is 0 Å². The van der Waals surface area contributed by atoms with Gasteiger partial charge < -0.3 is 4.90 Å². The van der Waals surface area contributed by atoms with E-state index < -0.39 is 0 Å². The topological polar surface area (TPSA) is 20.3 Å². The third kappa shape index (κ3) is 3.70. The molecule has 2 nitrogen and oxygen atoms in total. The summed E-state index contributed by atoms with van der Waals surface area (Å²) in [6.45, 7) is 0. The summed E-state index contributed by atoms with van der Waals surface area (Å²) in [5, 5.41) is 0. The number of carbonyl (C=O) groups is 1. The minimum absolute atomic E-state index is 0.196. The molecule has 98 valence electrons. The van der Waals surface area contributed by atoms with E-state index in [4.69, 9.17) is 0 Å². The van der Waals surface area contributed by atoms with Crippen LogP contribution in [0.25, 0.3) is 0 Å². The number of alkyl halides is 1. The van der Waals surface area contributed by atoms with E-state index in [1.165, 1.54) is 5.56 Å². The van der Waals surface area contributed by atoms with Gasteiger partial charge in [-0.3, -0.25) is 4.79 Å². The summed E-state index contributed by atoms with van der Waals surface area (Å²) in [7, 11) is 3.91. The lowest BCUT2D eigenvalue weighted by atomic mass is 10.0. The van der Waals surface area contributed by atoms with Crippen molar-refractivity contribution in [3.8, 4) is 0 Å². The Kier molecular flexibility index (Phi) is 6.13. The molecule has 0 atom stereocenters. The average molecular weight is 310 g/mol. The quantitative estimate of drug-likeness (QED) is 0.448. The number of ketones is 1. The number of allylic oxidation sites excluding steroid dienone is 1. The normalized spacial score (nSPS) is 16.4. The van der Waals surface area contributed by atoms with Crippen LogP contribution in [-0.2, 0) is 6.42 Å². The smallest absolute Gasteiger partial charge is 0.190 e. The molecule has 0 N–H and O–H groups in total. The molecule has 0 unspecified atom stereocenters. The van der Waals surface area contributed by atoms with Gasteiger partial charge in [0.2, 0.25) is 0 Å². The minimum atomic E-state index is 0.196. The first-order valence-electron chi connectivity index (χ1n) is 6.06. The summed E-state index contributed by atoms with van der Waals surface area (Å²) < 4.78 is 0. The number of hydrogen-bond donors (Lipinski definition) is 0. The SMILES string of the molecule is CBr.CN(C)/C=C1\CCCc2ccccc2C1=O. The van der Waals surface area contributed by atoms with Crippen molar-refractivity contribution in [2.75, 3.05) is 19.9 Å². The molecule has 0 heterocycles. The standard InChI is InChI=1S/C14H17NO.CH3Br/c1-15(2)10-12-8-5-7-11-6-3-4-9-13(11)14(12)16;1-2/h3-4,6,9-10H,5,7-8H2,1-2H3;1H3/b12-10+;. The molecule has 0 spiro atoms. The average Bonchev–Trinajstić information content (AvgIpc) is 2.53. The number of hydrogen-bond acceptors (Lipinski definition) is 2. The van der Waals surface area contributed by atoms with Crippen LogP contribution in [0.15, 0.2) is 36.0 Å². The lowest BCUT2D eigenvalue weighted by Gasteiger charge is -2.09. The maximum Gasteiger partial charge on any atom is 0.190 e. The van der Waals surface area contributed by atoms with Crippen molar-refractivity contribution in [1.29, 1.82) is 0 Å². The Bertz CT molecular complexity index is 438. The van der Waals surface area contributed by atoms with Crippen LogP contribution in [0.5, 0.6) is 0 Å². The summed E-state index contributed by atoms with van der Waals surface area (Å²) >= 11 is 2.94. The van der Waals surface area contributed by atoms with Gasteiger partial charge >= 0.3 is 0 Å². The molecule has 1 aromatic carbocycles. The number of benzene rings is 1. The number of fused-ring (bicyclic) bond motifs is 1. The summed E-state index contributed by atoms with van der Waals surface area (Å²) in [5.41, 5.74) is 3.00. The van der Waals surface area contributed by atoms with E-state index in [2.05, 4.69) is 22.0 Å². The molecular formula is C15H20BrNO. The van der Waals surface area contributed by atoms with E-state index in [0.29, 0.717) is 0 Å². The summed E-state index contributed by atoms with van der Waals surface area (Å²) in [6, 6.07) is 7.94. The molecule has 0 aromatic heterocycles. The predicted molar refractivity (Wildman–Crippen MR) is 80.3 cm³/mol. The number of halogens is 1. The maximum absolute atomic E-state index is 12.3. The van der Waals surface area contributed by atoms with E-state index in [9.17, 15) is 4.79 Å². The van der Waals surface area contributed by atoms with Gasteiger partial charge in [-0.25, -0.2) is 0 Å². The molecule has 0 saturated carbocycles. The van der Waals surface area contributed by atoms with Crippen molar-refractivity contribution in [1.82, 2.24) is 4.90 Å². The molecule has 0 amide bonds. The lowest BCUT2D eigenvalue weighted by molar-refractivity contribution is 0.103. The van der Waals surface area contributed by atoms with Crippen LogP contribution < -0.4 is 0 Å².